The summed E-state index contributed by atoms with van der Waals surface area (Å²) < 4.78 is 6.64. The average Bonchev–Trinajstić information content (AvgIpc) is 1.18. The van der Waals surface area contributed by atoms with E-state index in [4.69, 9.17) is 4.74 Å². The number of ether oxygens (including phenoxy) is 1. The van der Waals surface area contributed by atoms with Crippen LogP contribution >= 0.6 is 0 Å². The molecule has 9 fully saturated rings. The molecule has 1 heterocycles. The van der Waals surface area contributed by atoms with E-state index < -0.39 is 92.3 Å². The predicted molar refractivity (Wildman–Crippen MR) is 333 cm³/mol. The number of nitrogens with one attached hydrogen (secondary N) is 1. The molecule has 0 radical (unpaired) electrons. The van der Waals surface area contributed by atoms with Gasteiger partial charge in [0.1, 0.15) is 23.6 Å². The first-order valence-electron chi connectivity index (χ1n) is 34.7. The Labute approximate surface area is 520 Å². The normalized spacial score (nSPS) is 48.0. The van der Waals surface area contributed by atoms with E-state index in [0.29, 0.717) is 70.1 Å². The molecule has 88 heavy (non-hydrogen) atoms. The van der Waals surface area contributed by atoms with Crippen molar-refractivity contribution < 1.29 is 45.0 Å². The number of benzene rings is 3. The van der Waals surface area contributed by atoms with Crippen LogP contribution in [0, 0.1) is 128 Å². The molecular formula is C78H91NO9. The summed E-state index contributed by atoms with van der Waals surface area (Å²) in [5.41, 5.74) is -2.50. The first kappa shape index (κ1) is 57.1. The average molecular weight is 1190 g/mol. The fraction of sp³-hybridized carbons (Fsp3) is 0.641. The van der Waals surface area contributed by atoms with Crippen molar-refractivity contribution in [1.82, 2.24) is 5.32 Å². The SMILES string of the molecule is CNC1Cc2c(cccc2CO)C#CC23CCC(Cc4cccc(c4)Cc4cccc(c4)CC4CC#CC5CC6(C2)C2C7=CC(=O)OC7C1CC2CC6(O)C1(O)C(O)C2CC6C(C=CCC6C6CCCC6)CC6C(O)C7(CCC4C7)CC(C=O)(C51)C62O)C3. The molecule has 14 aliphatic carbocycles. The molecule has 15 aliphatic rings. The minimum absolute atomic E-state index is 0.0165. The van der Waals surface area contributed by atoms with Gasteiger partial charge in [-0.05, 0) is 226 Å². The number of hydrogen-bond donors (Lipinski definition) is 7. The van der Waals surface area contributed by atoms with Crippen LogP contribution in [0.15, 0.2) is 90.5 Å². The van der Waals surface area contributed by atoms with Gasteiger partial charge in [0.05, 0.1) is 29.8 Å². The molecule has 1 aliphatic heterocycles. The van der Waals surface area contributed by atoms with Crippen LogP contribution in [0.25, 0.3) is 0 Å². The molecule has 3 spiro atoms. The standard InChI is InChI=1S/C78H91NO9/c1-79-65-35-59-51(15-6-19-56(59)41-80)22-25-72-24-21-49(37-72)30-47-11-4-9-45(28-47)27-46-10-5-12-48(29-46)31-52-16-7-18-55-39-74(42-72)67-57(32-61(65)68-62(67)36-66(82)88-68)40-76(74,85)78(87)69(55)75(44-81)43-73(26-23-54(52)38-73)70(83)63-33-53-17-8-20-58(50-13-2-3-14-50)60(53)34-64(71(78)84)77(63,75)86/h4-6,8-12,15,17,19,28-29,36,44,49-50,52-55,57-58,60-61,63-65,67-71,79-80,83-87H,2-3,13-14,16,20-21,23-24,26-27,30-35,37-43H2,1H3. The van der Waals surface area contributed by atoms with Crippen molar-refractivity contribution in [1.29, 1.82) is 0 Å². The predicted octanol–water partition coefficient (Wildman–Crippen LogP) is 9.72. The van der Waals surface area contributed by atoms with Crippen molar-refractivity contribution in [3.8, 4) is 23.7 Å². The number of aliphatic hydroxyl groups excluding tert-OH is 3. The Kier molecular flexibility index (Phi) is 13.2. The largest absolute Gasteiger partial charge is 0.454 e. The lowest BCUT2D eigenvalue weighted by Crippen LogP contribution is -2.87. The number of esters is 1. The zero-order chi connectivity index (χ0) is 59.9. The van der Waals surface area contributed by atoms with Crippen molar-refractivity contribution in [2.75, 3.05) is 7.05 Å². The second-order valence-electron chi connectivity index (χ2n) is 32.3. The van der Waals surface area contributed by atoms with Crippen molar-refractivity contribution in [2.45, 2.75) is 195 Å². The van der Waals surface area contributed by atoms with E-state index >= 15 is 20.1 Å². The van der Waals surface area contributed by atoms with Gasteiger partial charge in [0.15, 0.2) is 0 Å². The summed E-state index contributed by atoms with van der Waals surface area (Å²) in [5, 5.41) is 90.0. The Balaban J connectivity index is 0.947. The number of aldehydes is 1. The summed E-state index contributed by atoms with van der Waals surface area (Å²) in [6, 6.07) is 24.0. The summed E-state index contributed by atoms with van der Waals surface area (Å²) in [7, 11) is 1.95. The maximum absolute atomic E-state index is 16.0. The maximum atomic E-state index is 16.0. The molecule has 462 valence electrons. The van der Waals surface area contributed by atoms with E-state index in [1.54, 1.807) is 6.08 Å². The lowest BCUT2D eigenvalue weighted by molar-refractivity contribution is -0.391. The van der Waals surface area contributed by atoms with Crippen molar-refractivity contribution in [2.24, 2.45) is 105 Å². The highest BCUT2D eigenvalue weighted by molar-refractivity contribution is 5.86. The fourth-order valence-corrected chi connectivity index (χ4v) is 25.8. The fourth-order valence-electron chi connectivity index (χ4n) is 25.8. The van der Waals surface area contributed by atoms with E-state index in [2.05, 4.69) is 95.7 Å². The number of carbonyl (C=O) groups is 2. The summed E-state index contributed by atoms with van der Waals surface area (Å²) in [5.74, 6) is 11.6. The number of allylic oxidation sites excluding steroid dienone is 2. The van der Waals surface area contributed by atoms with Crippen LogP contribution < -0.4 is 5.32 Å². The number of carbonyl (C=O) groups excluding carboxylic acids is 2. The third kappa shape index (κ3) is 7.82. The van der Waals surface area contributed by atoms with E-state index in [1.807, 2.05) is 19.2 Å². The highest BCUT2D eigenvalue weighted by Crippen LogP contribution is 2.81. The molecule has 0 aromatic heterocycles. The van der Waals surface area contributed by atoms with Gasteiger partial charge in [-0.1, -0.05) is 116 Å². The van der Waals surface area contributed by atoms with Gasteiger partial charge in [-0.25, -0.2) is 4.79 Å². The summed E-state index contributed by atoms with van der Waals surface area (Å²) in [6.07, 6.45) is 19.8. The summed E-state index contributed by atoms with van der Waals surface area (Å²) in [4.78, 5) is 30.4. The number of likely N-dealkylation sites (N-methyl/N-ethyl adjacent to an activating group) is 1. The highest BCUT2D eigenvalue weighted by atomic mass is 16.5. The highest BCUT2D eigenvalue weighted by Gasteiger charge is 2.89. The Morgan fingerprint density at radius 2 is 1.52 bits per heavy atom. The molecule has 18 rings (SSSR count). The number of rotatable bonds is 4. The van der Waals surface area contributed by atoms with Gasteiger partial charge in [0, 0.05) is 64.5 Å². The van der Waals surface area contributed by atoms with Crippen molar-refractivity contribution >= 4 is 12.3 Å². The molecule has 7 N–H and O–H groups in total. The van der Waals surface area contributed by atoms with Crippen LogP contribution in [-0.4, -0.2) is 91.1 Å². The maximum Gasteiger partial charge on any atom is 0.331 e. The van der Waals surface area contributed by atoms with Gasteiger partial charge in [0.2, 0.25) is 0 Å². The Morgan fingerprint density at radius 3 is 2.31 bits per heavy atom. The molecule has 24 atom stereocenters. The van der Waals surface area contributed by atoms with Gasteiger partial charge in [-0.2, -0.15) is 0 Å². The summed E-state index contributed by atoms with van der Waals surface area (Å²) >= 11 is 0. The minimum atomic E-state index is -2.41. The molecule has 0 amide bonds. The Morgan fingerprint density at radius 1 is 0.750 bits per heavy atom. The lowest BCUT2D eigenvalue weighted by Gasteiger charge is -2.75. The summed E-state index contributed by atoms with van der Waals surface area (Å²) in [6.45, 7) is -0.154. The van der Waals surface area contributed by atoms with E-state index in [1.165, 1.54) is 35.1 Å². The van der Waals surface area contributed by atoms with E-state index in [0.717, 1.165) is 79.9 Å². The Bertz CT molecular complexity index is 3560. The van der Waals surface area contributed by atoms with E-state index in [-0.39, 0.29) is 79.3 Å². The van der Waals surface area contributed by atoms with Crippen molar-refractivity contribution in [3.63, 3.8) is 0 Å². The van der Waals surface area contributed by atoms with Crippen LogP contribution in [0.5, 0.6) is 0 Å². The van der Waals surface area contributed by atoms with Gasteiger partial charge >= 0.3 is 5.97 Å². The third-order valence-corrected chi connectivity index (χ3v) is 28.8. The van der Waals surface area contributed by atoms with Gasteiger partial charge in [0.25, 0.3) is 0 Å². The second kappa shape index (κ2) is 20.3. The van der Waals surface area contributed by atoms with Crippen LogP contribution in [0.1, 0.15) is 161 Å². The quantitative estimate of drug-likeness (QED) is 0.0577. The lowest BCUT2D eigenvalue weighted by atomic mass is 9.31. The topological polar surface area (TPSA) is 177 Å². The zero-order valence-corrected chi connectivity index (χ0v) is 51.4. The zero-order valence-electron chi connectivity index (χ0n) is 51.4. The molecule has 0 saturated heterocycles. The molecule has 3 aromatic rings. The molecule has 24 unspecified atom stereocenters. The van der Waals surface area contributed by atoms with Crippen LogP contribution in [0.3, 0.4) is 0 Å². The molecule has 15 bridgehead atoms. The van der Waals surface area contributed by atoms with Crippen LogP contribution in [0.2, 0.25) is 0 Å². The Hall–Kier alpha value is -4.88. The first-order chi connectivity index (χ1) is 42.6. The first-order valence-corrected chi connectivity index (χ1v) is 34.7. The van der Waals surface area contributed by atoms with E-state index in [9.17, 15) is 20.1 Å². The molecular weight excluding hydrogens is 1090 g/mol. The smallest absolute Gasteiger partial charge is 0.331 e. The molecule has 9 saturated carbocycles. The second-order valence-corrected chi connectivity index (χ2v) is 32.3. The number of hydrogen-bond acceptors (Lipinski definition) is 10. The number of fused-ring (bicyclic) bond motifs is 12. The van der Waals surface area contributed by atoms with Gasteiger partial charge in [-0.15, -0.1) is 5.92 Å². The number of aliphatic hydroxyl groups is 6. The van der Waals surface area contributed by atoms with Gasteiger partial charge < -0.3 is 45.5 Å². The van der Waals surface area contributed by atoms with Gasteiger partial charge in [-0.3, -0.25) is 0 Å². The molecule has 10 heteroatoms. The molecule has 3 aromatic carbocycles. The van der Waals surface area contributed by atoms with Crippen molar-refractivity contribution in [3.05, 3.63) is 129 Å². The van der Waals surface area contributed by atoms with Crippen LogP contribution in [-0.2, 0) is 46.6 Å². The molecule has 10 nitrogen and oxygen atoms in total. The minimum Gasteiger partial charge on any atom is -0.454 e. The van der Waals surface area contributed by atoms with Crippen LogP contribution in [0.4, 0.5) is 0 Å². The monoisotopic (exact) mass is 1190 g/mol. The third-order valence-electron chi connectivity index (χ3n) is 28.8.